The third-order valence-electron chi connectivity index (χ3n) is 10.2. The van der Waals surface area contributed by atoms with Gasteiger partial charge in [-0.3, -0.25) is 9.44 Å². The third kappa shape index (κ3) is 10.7. The maximum Gasteiger partial charge on any atom is 0.238 e. The van der Waals surface area contributed by atoms with Gasteiger partial charge in [-0.15, -0.1) is 0 Å². The average molecular weight is 1130 g/mol. The maximum absolute atomic E-state index is 14.8. The van der Waals surface area contributed by atoms with Gasteiger partial charge in [0.05, 0.1) is 35.1 Å². The van der Waals surface area contributed by atoms with E-state index in [9.17, 15) is 58.5 Å². The minimum atomic E-state index is -4.19. The first-order valence-electron chi connectivity index (χ1n) is 18.1. The van der Waals surface area contributed by atoms with Crippen LogP contribution in [0.3, 0.4) is 0 Å². The molecule has 23 heteroatoms. The summed E-state index contributed by atoms with van der Waals surface area (Å²) in [6.07, 6.45) is 1.16. The Kier molecular flexibility index (Phi) is 15.5. The second-order valence-corrected chi connectivity index (χ2v) is 20.9. The van der Waals surface area contributed by atoms with Gasteiger partial charge >= 0.3 is 0 Å². The molecule has 61 heavy (non-hydrogen) atoms. The van der Waals surface area contributed by atoms with Gasteiger partial charge in [-0.05, 0) is 120 Å². The number of rotatable bonds is 18. The molecule has 0 saturated heterocycles. The van der Waals surface area contributed by atoms with Crippen molar-refractivity contribution in [3.8, 4) is 11.5 Å². The maximum atomic E-state index is 14.8. The van der Waals surface area contributed by atoms with E-state index in [1.165, 1.54) is 37.4 Å². The number of aliphatic hydroxyl groups excluding tert-OH is 3. The molecule has 7 N–H and O–H groups in total. The predicted octanol–water partition coefficient (Wildman–Crippen LogP) is 7.84. The first-order chi connectivity index (χ1) is 28.7. The summed E-state index contributed by atoms with van der Waals surface area (Å²) in [6.45, 7) is -1.14. The molecular weight excluding hydrogens is 1090 g/mol. The van der Waals surface area contributed by atoms with Crippen molar-refractivity contribution in [3.05, 3.63) is 90.6 Å². The van der Waals surface area contributed by atoms with Crippen LogP contribution in [0.4, 0.5) is 60.5 Å². The molecule has 2 aliphatic rings. The summed E-state index contributed by atoms with van der Waals surface area (Å²) in [5.74, 6) is -8.15. The Bertz CT molecular complexity index is 2500. The first kappa shape index (κ1) is 48.5. The van der Waals surface area contributed by atoms with Crippen LogP contribution in [0.15, 0.2) is 48.5 Å². The number of aliphatic hydroxyl groups is 3. The van der Waals surface area contributed by atoms with Crippen molar-refractivity contribution >= 4 is 99.4 Å². The van der Waals surface area contributed by atoms with Crippen LogP contribution in [0.5, 0.6) is 11.5 Å². The number of hydrogen-bond acceptors (Lipinski definition) is 11. The molecule has 0 spiro atoms. The lowest BCUT2D eigenvalue weighted by Crippen LogP contribution is -2.34. The van der Waals surface area contributed by atoms with Gasteiger partial charge in [-0.25, -0.2) is 43.2 Å². The van der Waals surface area contributed by atoms with E-state index in [1.807, 2.05) is 45.2 Å². The fourth-order valence-corrected chi connectivity index (χ4v) is 10.7. The number of methoxy groups -OCH3 is 2. The van der Waals surface area contributed by atoms with Gasteiger partial charge in [0.1, 0.15) is 45.9 Å². The summed E-state index contributed by atoms with van der Waals surface area (Å²) < 4.78 is 152. The Hall–Kier alpha value is -3.50. The van der Waals surface area contributed by atoms with Gasteiger partial charge in [0.2, 0.25) is 20.0 Å². The molecule has 2 saturated carbocycles. The van der Waals surface area contributed by atoms with E-state index < -0.39 is 101 Å². The molecule has 0 aliphatic heterocycles. The summed E-state index contributed by atoms with van der Waals surface area (Å²) in [4.78, 5) is 0. The lowest BCUT2D eigenvalue weighted by Gasteiger charge is -2.24. The van der Waals surface area contributed by atoms with Gasteiger partial charge in [0.25, 0.3) is 0 Å². The molecule has 2 aliphatic carbocycles. The minimum Gasteiger partial charge on any atom is -0.494 e. The highest BCUT2D eigenvalue weighted by molar-refractivity contribution is 14.1. The Morgan fingerprint density at radius 3 is 1.34 bits per heavy atom. The lowest BCUT2D eigenvalue weighted by molar-refractivity contribution is 0.141. The van der Waals surface area contributed by atoms with E-state index in [1.54, 1.807) is 6.07 Å². The van der Waals surface area contributed by atoms with Crippen LogP contribution >= 0.6 is 45.2 Å². The van der Waals surface area contributed by atoms with Gasteiger partial charge < -0.3 is 35.4 Å². The van der Waals surface area contributed by atoms with Gasteiger partial charge in [0, 0.05) is 45.0 Å². The highest BCUT2D eigenvalue weighted by atomic mass is 127. The molecule has 4 aromatic rings. The number of anilines is 6. The summed E-state index contributed by atoms with van der Waals surface area (Å²) in [5, 5.41) is 32.7. The standard InChI is InChI=1S/C20H22F3IN2O5S.C18H18F3IN2O4S/c1-31-16-7-14(22)17(23)19(25-15-3-2-12(24)6-13(15)21)18(16)26-32(29,30)20(4-5-20)8-11(9-27)10-28;1-28-14-9-12(20)15(21)17(23-13-3-2-10(22)8-11(13)19)16(14)24-29(26,27)18(4-5-18)6-7-25/h2-3,6-7,11,25-28H,4-5,8-10H2,1H3;2-3,8-9,23-25H,4-7H2,1H3. The molecule has 0 unspecified atom stereocenters. The Balaban J connectivity index is 0.000000232. The van der Waals surface area contributed by atoms with Crippen molar-refractivity contribution in [2.45, 2.75) is 48.0 Å². The summed E-state index contributed by atoms with van der Waals surface area (Å²) in [5.41, 5.74) is -2.41. The quantitative estimate of drug-likeness (QED) is 0.0379. The molecule has 2 fully saturated rings. The third-order valence-corrected chi connectivity index (χ3v) is 15.9. The molecule has 13 nitrogen and oxygen atoms in total. The fourth-order valence-electron chi connectivity index (χ4n) is 6.33. The second-order valence-electron chi connectivity index (χ2n) is 14.2. The summed E-state index contributed by atoms with van der Waals surface area (Å²) in [6, 6.07) is 9.45. The summed E-state index contributed by atoms with van der Waals surface area (Å²) in [7, 11) is -5.94. The molecule has 0 heterocycles. The average Bonchev–Trinajstić information content (AvgIpc) is 4.15. The van der Waals surface area contributed by atoms with Crippen molar-refractivity contribution in [2.75, 3.05) is 54.1 Å². The van der Waals surface area contributed by atoms with Crippen LogP contribution in [-0.2, 0) is 20.0 Å². The molecule has 0 radical (unpaired) electrons. The van der Waals surface area contributed by atoms with Crippen molar-refractivity contribution in [1.29, 1.82) is 0 Å². The first-order valence-corrected chi connectivity index (χ1v) is 23.3. The number of ether oxygens (including phenoxy) is 2. The largest absolute Gasteiger partial charge is 0.494 e. The monoisotopic (exact) mass is 1130 g/mol. The van der Waals surface area contributed by atoms with Crippen molar-refractivity contribution in [3.63, 3.8) is 0 Å². The van der Waals surface area contributed by atoms with Gasteiger partial charge in [-0.1, -0.05) is 0 Å². The van der Waals surface area contributed by atoms with E-state index in [0.29, 0.717) is 32.1 Å². The highest BCUT2D eigenvalue weighted by Crippen LogP contribution is 2.51. The second kappa shape index (κ2) is 19.5. The minimum absolute atomic E-state index is 0.00282. The van der Waals surface area contributed by atoms with Crippen LogP contribution in [0.2, 0.25) is 0 Å². The fraction of sp³-hybridized carbons (Fsp3) is 0.368. The molecule has 0 atom stereocenters. The molecular formula is C38H40F6I2N4O9S2. The van der Waals surface area contributed by atoms with E-state index in [4.69, 9.17) is 9.47 Å². The molecule has 0 aromatic heterocycles. The highest BCUT2D eigenvalue weighted by Gasteiger charge is 2.56. The van der Waals surface area contributed by atoms with Crippen LogP contribution in [0.25, 0.3) is 0 Å². The van der Waals surface area contributed by atoms with E-state index in [0.717, 1.165) is 7.11 Å². The summed E-state index contributed by atoms with van der Waals surface area (Å²) >= 11 is 3.77. The molecule has 6 rings (SSSR count). The van der Waals surface area contributed by atoms with Gasteiger partial charge in [0.15, 0.2) is 23.3 Å². The van der Waals surface area contributed by atoms with Crippen molar-refractivity contribution in [1.82, 2.24) is 0 Å². The normalized spacial score (nSPS) is 15.0. The van der Waals surface area contributed by atoms with Crippen molar-refractivity contribution < 1.29 is 68.0 Å². The Morgan fingerprint density at radius 1 is 0.623 bits per heavy atom. The number of hydrogen-bond donors (Lipinski definition) is 7. The Labute approximate surface area is 375 Å². The smallest absolute Gasteiger partial charge is 0.238 e. The van der Waals surface area contributed by atoms with Crippen LogP contribution < -0.4 is 29.6 Å². The van der Waals surface area contributed by atoms with Crippen molar-refractivity contribution in [2.24, 2.45) is 5.92 Å². The SMILES string of the molecule is COc1cc(F)c(F)c(Nc2ccc(I)cc2F)c1NS(=O)(=O)C1(CC(CO)CO)CC1.COc1cc(F)c(F)c(Nc2ccc(I)cc2F)c1NS(=O)(=O)C1(CCO)CC1. The topological polar surface area (TPSA) is 196 Å². The number of sulfonamides is 2. The molecule has 4 aromatic carbocycles. The number of halogens is 8. The van der Waals surface area contributed by atoms with E-state index in [-0.39, 0.29) is 60.9 Å². The number of benzene rings is 4. The zero-order chi connectivity index (χ0) is 45.1. The zero-order valence-corrected chi connectivity index (χ0v) is 38.1. The number of nitrogens with one attached hydrogen (secondary N) is 4. The van der Waals surface area contributed by atoms with Crippen LogP contribution in [0.1, 0.15) is 38.5 Å². The van der Waals surface area contributed by atoms with Crippen LogP contribution in [0, 0.1) is 48.0 Å². The van der Waals surface area contributed by atoms with Gasteiger partial charge in [-0.2, -0.15) is 0 Å². The predicted molar refractivity (Wildman–Crippen MR) is 234 cm³/mol. The Morgan fingerprint density at radius 2 is 1.02 bits per heavy atom. The molecule has 0 bridgehead atoms. The van der Waals surface area contributed by atoms with E-state index in [2.05, 4.69) is 20.1 Å². The lowest BCUT2D eigenvalue weighted by atomic mass is 10.0. The zero-order valence-electron chi connectivity index (χ0n) is 32.2. The molecule has 0 amide bonds. The molecule has 334 valence electrons. The van der Waals surface area contributed by atoms with Crippen LogP contribution in [-0.4, -0.2) is 75.7 Å². The van der Waals surface area contributed by atoms with E-state index >= 15 is 0 Å².